The SMILES string of the molecule is CCOC(=CC(C)=O)N[C@@H](Cc1ccc(O)c(O)c1)C(=O)O. The van der Waals surface area contributed by atoms with E-state index < -0.39 is 12.0 Å². The van der Waals surface area contributed by atoms with Gasteiger partial charge in [-0.1, -0.05) is 6.07 Å². The highest BCUT2D eigenvalue weighted by atomic mass is 16.5. The Morgan fingerprint density at radius 2 is 2.00 bits per heavy atom. The summed E-state index contributed by atoms with van der Waals surface area (Å²) in [6.07, 6.45) is 1.21. The monoisotopic (exact) mass is 309 g/mol. The number of carbonyl (C=O) groups is 2. The predicted octanol–water partition coefficient (Wildman–Crippen LogP) is 1.15. The molecule has 1 atom stereocenters. The van der Waals surface area contributed by atoms with E-state index in [1.807, 2.05) is 0 Å². The van der Waals surface area contributed by atoms with Crippen LogP contribution in [0, 0.1) is 0 Å². The molecule has 0 heterocycles. The fourth-order valence-electron chi connectivity index (χ4n) is 1.77. The molecule has 4 N–H and O–H groups in total. The lowest BCUT2D eigenvalue weighted by Gasteiger charge is -2.18. The van der Waals surface area contributed by atoms with Gasteiger partial charge in [-0.2, -0.15) is 0 Å². The third-order valence-electron chi connectivity index (χ3n) is 2.73. The third-order valence-corrected chi connectivity index (χ3v) is 2.73. The maximum absolute atomic E-state index is 11.3. The smallest absolute Gasteiger partial charge is 0.326 e. The fraction of sp³-hybridized carbons (Fsp3) is 0.333. The Labute approximate surface area is 127 Å². The third kappa shape index (κ3) is 5.35. The largest absolute Gasteiger partial charge is 0.504 e. The first-order chi connectivity index (χ1) is 10.3. The van der Waals surface area contributed by atoms with Crippen molar-refractivity contribution in [2.24, 2.45) is 0 Å². The molecule has 1 rings (SSSR count). The van der Waals surface area contributed by atoms with E-state index >= 15 is 0 Å². The highest BCUT2D eigenvalue weighted by Crippen LogP contribution is 2.25. The lowest BCUT2D eigenvalue weighted by atomic mass is 10.1. The van der Waals surface area contributed by atoms with Crippen molar-refractivity contribution in [3.8, 4) is 11.5 Å². The van der Waals surface area contributed by atoms with Gasteiger partial charge in [-0.05, 0) is 31.5 Å². The van der Waals surface area contributed by atoms with Gasteiger partial charge in [0.1, 0.15) is 6.04 Å². The average Bonchev–Trinajstić information content (AvgIpc) is 2.41. The van der Waals surface area contributed by atoms with Crippen molar-refractivity contribution in [1.29, 1.82) is 0 Å². The first kappa shape index (κ1) is 17.4. The minimum absolute atomic E-state index is 0.0332. The zero-order chi connectivity index (χ0) is 16.7. The molecule has 1 aromatic rings. The van der Waals surface area contributed by atoms with Crippen LogP contribution < -0.4 is 5.32 Å². The number of allylic oxidation sites excluding steroid dienone is 1. The minimum atomic E-state index is -1.14. The molecular formula is C15H19NO6. The van der Waals surface area contributed by atoms with Crippen LogP contribution in [0.2, 0.25) is 0 Å². The first-order valence-electron chi connectivity index (χ1n) is 6.68. The number of carboxylic acid groups (broad SMARTS) is 1. The number of ketones is 1. The summed E-state index contributed by atoms with van der Waals surface area (Å²) in [4.78, 5) is 22.5. The van der Waals surface area contributed by atoms with Gasteiger partial charge in [0.05, 0.1) is 6.61 Å². The molecule has 0 saturated heterocycles. The lowest BCUT2D eigenvalue weighted by Crippen LogP contribution is -2.38. The molecule has 120 valence electrons. The van der Waals surface area contributed by atoms with Crippen LogP contribution in [0.5, 0.6) is 11.5 Å². The second-order valence-corrected chi connectivity index (χ2v) is 4.61. The summed E-state index contributed by atoms with van der Waals surface area (Å²) in [7, 11) is 0. The molecule has 0 aliphatic carbocycles. The van der Waals surface area contributed by atoms with Crippen molar-refractivity contribution in [3.63, 3.8) is 0 Å². The molecule has 0 spiro atoms. The summed E-state index contributed by atoms with van der Waals surface area (Å²) in [6, 6.07) is 3.00. The number of phenolic OH excluding ortho intramolecular Hbond substituents is 2. The van der Waals surface area contributed by atoms with Gasteiger partial charge in [0, 0.05) is 12.5 Å². The van der Waals surface area contributed by atoms with Crippen LogP contribution in [0.25, 0.3) is 0 Å². The Kier molecular flexibility index (Phi) is 6.25. The lowest BCUT2D eigenvalue weighted by molar-refractivity contribution is -0.139. The van der Waals surface area contributed by atoms with Crippen LogP contribution in [0.3, 0.4) is 0 Å². The summed E-state index contributed by atoms with van der Waals surface area (Å²) < 4.78 is 5.19. The van der Waals surface area contributed by atoms with E-state index in [1.54, 1.807) is 6.92 Å². The summed E-state index contributed by atoms with van der Waals surface area (Å²) in [5.74, 6) is -1.95. The van der Waals surface area contributed by atoms with Gasteiger partial charge in [0.15, 0.2) is 23.2 Å². The molecule has 0 aliphatic heterocycles. The molecule has 0 aliphatic rings. The van der Waals surface area contributed by atoms with Gasteiger partial charge in [0.2, 0.25) is 0 Å². The Morgan fingerprint density at radius 3 is 2.50 bits per heavy atom. The molecular weight excluding hydrogens is 290 g/mol. The molecule has 7 nitrogen and oxygen atoms in total. The Bertz CT molecular complexity index is 581. The summed E-state index contributed by atoms with van der Waals surface area (Å²) in [5.41, 5.74) is 0.508. The number of phenols is 2. The second-order valence-electron chi connectivity index (χ2n) is 4.61. The van der Waals surface area contributed by atoms with Crippen molar-refractivity contribution in [3.05, 3.63) is 35.7 Å². The molecule has 0 fully saturated rings. The maximum atomic E-state index is 11.3. The predicted molar refractivity (Wildman–Crippen MR) is 78.4 cm³/mol. The van der Waals surface area contributed by atoms with Crippen molar-refractivity contribution in [2.45, 2.75) is 26.3 Å². The molecule has 0 unspecified atom stereocenters. The summed E-state index contributed by atoms with van der Waals surface area (Å²) in [6.45, 7) is 3.32. The number of aliphatic carboxylic acids is 1. The minimum Gasteiger partial charge on any atom is -0.504 e. The molecule has 0 saturated carbocycles. The zero-order valence-corrected chi connectivity index (χ0v) is 12.4. The second kappa shape index (κ2) is 7.92. The standard InChI is InChI=1S/C15H19NO6/c1-3-22-14(6-9(2)17)16-11(15(20)21)7-10-4-5-12(18)13(19)8-10/h4-6,8,11,16,18-19H,3,7H2,1-2H3,(H,20,21)/t11-/m0/s1. The van der Waals surface area contributed by atoms with Crippen LogP contribution in [0.1, 0.15) is 19.4 Å². The fourth-order valence-corrected chi connectivity index (χ4v) is 1.77. The number of rotatable bonds is 8. The quantitative estimate of drug-likeness (QED) is 0.323. The number of carbonyl (C=O) groups excluding carboxylic acids is 1. The van der Waals surface area contributed by atoms with E-state index in [9.17, 15) is 24.9 Å². The van der Waals surface area contributed by atoms with Crippen molar-refractivity contribution in [1.82, 2.24) is 5.32 Å². The Hall–Kier alpha value is -2.70. The first-order valence-corrected chi connectivity index (χ1v) is 6.68. The van der Waals surface area contributed by atoms with Gasteiger partial charge >= 0.3 is 5.97 Å². The van der Waals surface area contributed by atoms with Crippen molar-refractivity contribution in [2.75, 3.05) is 6.61 Å². The topological polar surface area (TPSA) is 116 Å². The molecule has 7 heteroatoms. The molecule has 1 aromatic carbocycles. The van der Waals surface area contributed by atoms with Crippen molar-refractivity contribution >= 4 is 11.8 Å². The molecule has 0 amide bonds. The van der Waals surface area contributed by atoms with Gasteiger partial charge < -0.3 is 25.4 Å². The summed E-state index contributed by atoms with van der Waals surface area (Å²) >= 11 is 0. The van der Waals surface area contributed by atoms with Gasteiger partial charge in [0.25, 0.3) is 0 Å². The number of aromatic hydroxyl groups is 2. The normalized spacial score (nSPS) is 12.5. The molecule has 0 bridgehead atoms. The maximum Gasteiger partial charge on any atom is 0.326 e. The highest BCUT2D eigenvalue weighted by Gasteiger charge is 2.20. The number of benzene rings is 1. The number of carboxylic acids is 1. The van der Waals surface area contributed by atoms with Crippen LogP contribution in [0.15, 0.2) is 30.2 Å². The molecule has 0 radical (unpaired) electrons. The summed E-state index contributed by atoms with van der Waals surface area (Å²) in [5, 5.41) is 30.6. The van der Waals surface area contributed by atoms with E-state index in [4.69, 9.17) is 4.74 Å². The Morgan fingerprint density at radius 1 is 1.32 bits per heavy atom. The van der Waals surface area contributed by atoms with E-state index in [1.165, 1.54) is 31.2 Å². The number of ether oxygens (including phenoxy) is 1. The van der Waals surface area contributed by atoms with Crippen molar-refractivity contribution < 1.29 is 29.6 Å². The average molecular weight is 309 g/mol. The highest BCUT2D eigenvalue weighted by molar-refractivity contribution is 5.87. The number of hydrogen-bond acceptors (Lipinski definition) is 6. The Balaban J connectivity index is 2.90. The van der Waals surface area contributed by atoms with Crippen LogP contribution in [0.4, 0.5) is 0 Å². The van der Waals surface area contributed by atoms with Crippen LogP contribution in [-0.2, 0) is 20.7 Å². The van der Waals surface area contributed by atoms with Gasteiger partial charge in [-0.3, -0.25) is 4.79 Å². The van der Waals surface area contributed by atoms with Crippen LogP contribution >= 0.6 is 0 Å². The number of nitrogens with one attached hydrogen (secondary N) is 1. The zero-order valence-electron chi connectivity index (χ0n) is 12.4. The van der Waals surface area contributed by atoms with E-state index in [2.05, 4.69) is 5.32 Å². The molecule has 0 aromatic heterocycles. The van der Waals surface area contributed by atoms with Gasteiger partial charge in [-0.15, -0.1) is 0 Å². The number of hydrogen-bond donors (Lipinski definition) is 4. The van der Waals surface area contributed by atoms with Gasteiger partial charge in [-0.25, -0.2) is 4.79 Å². The molecule has 22 heavy (non-hydrogen) atoms. The van der Waals surface area contributed by atoms with E-state index in [0.717, 1.165) is 0 Å². The van der Waals surface area contributed by atoms with E-state index in [-0.39, 0.29) is 36.2 Å². The van der Waals surface area contributed by atoms with E-state index in [0.29, 0.717) is 5.56 Å². The van der Waals surface area contributed by atoms with Crippen LogP contribution in [-0.4, -0.2) is 39.7 Å².